The number of hydrogen-bond donors (Lipinski definition) is 0. The molecule has 0 amide bonds. The number of carbonyl (C=O) groups excluding carboxylic acids is 1. The van der Waals surface area contributed by atoms with E-state index in [1.54, 1.807) is 0 Å². The zero-order chi connectivity index (χ0) is 14.7. The fourth-order valence-electron chi connectivity index (χ4n) is 3.48. The van der Waals surface area contributed by atoms with E-state index in [0.29, 0.717) is 18.3 Å². The van der Waals surface area contributed by atoms with Gasteiger partial charge in [-0.15, -0.1) is 0 Å². The van der Waals surface area contributed by atoms with Crippen molar-refractivity contribution >= 4 is 16.9 Å². The third-order valence-electron chi connectivity index (χ3n) is 4.61. The molecule has 2 aromatic rings. The standard InChI is InChI=1S/C18H21NO2/c1-21-18(20)11-13-6-2-4-8-16(13)15-10-14-7-3-5-9-17(14)19-12-15/h3,5,7,9-10,12-13,16H,2,4,6,8,11H2,1H3/t13-,16?/m1/s1. The van der Waals surface area contributed by atoms with Gasteiger partial charge < -0.3 is 4.74 Å². The van der Waals surface area contributed by atoms with Crippen LogP contribution in [0.5, 0.6) is 0 Å². The highest BCUT2D eigenvalue weighted by Gasteiger charge is 2.29. The van der Waals surface area contributed by atoms with Crippen molar-refractivity contribution < 1.29 is 9.53 Å². The Kier molecular flexibility index (Phi) is 4.18. The Hall–Kier alpha value is -1.90. The molecule has 1 saturated carbocycles. The van der Waals surface area contributed by atoms with Crippen molar-refractivity contribution in [3.05, 3.63) is 42.1 Å². The summed E-state index contributed by atoms with van der Waals surface area (Å²) in [6, 6.07) is 10.4. The van der Waals surface area contributed by atoms with Crippen LogP contribution in [-0.2, 0) is 9.53 Å². The maximum atomic E-state index is 11.6. The van der Waals surface area contributed by atoms with Crippen LogP contribution in [-0.4, -0.2) is 18.1 Å². The van der Waals surface area contributed by atoms with Crippen molar-refractivity contribution in [3.63, 3.8) is 0 Å². The van der Waals surface area contributed by atoms with E-state index in [2.05, 4.69) is 17.1 Å². The van der Waals surface area contributed by atoms with E-state index in [1.165, 1.54) is 30.9 Å². The molecule has 1 aliphatic rings. The van der Waals surface area contributed by atoms with Crippen LogP contribution < -0.4 is 0 Å². The quantitative estimate of drug-likeness (QED) is 0.797. The smallest absolute Gasteiger partial charge is 0.305 e. The molecule has 3 heteroatoms. The molecule has 0 bridgehead atoms. The lowest BCUT2D eigenvalue weighted by molar-refractivity contribution is -0.142. The summed E-state index contributed by atoms with van der Waals surface area (Å²) < 4.78 is 4.85. The Bertz CT molecular complexity index is 638. The lowest BCUT2D eigenvalue weighted by atomic mass is 9.74. The number of pyridine rings is 1. The van der Waals surface area contributed by atoms with Gasteiger partial charge in [-0.25, -0.2) is 0 Å². The third-order valence-corrected chi connectivity index (χ3v) is 4.61. The zero-order valence-electron chi connectivity index (χ0n) is 12.4. The van der Waals surface area contributed by atoms with E-state index in [4.69, 9.17) is 4.74 Å². The lowest BCUT2D eigenvalue weighted by Gasteiger charge is -2.31. The van der Waals surface area contributed by atoms with E-state index in [1.807, 2.05) is 24.4 Å². The highest BCUT2D eigenvalue weighted by atomic mass is 16.5. The first-order chi connectivity index (χ1) is 10.3. The summed E-state index contributed by atoms with van der Waals surface area (Å²) in [7, 11) is 1.47. The summed E-state index contributed by atoms with van der Waals surface area (Å²) in [5.41, 5.74) is 2.30. The molecule has 1 unspecified atom stereocenters. The van der Waals surface area contributed by atoms with Gasteiger partial charge in [0.15, 0.2) is 0 Å². The van der Waals surface area contributed by atoms with Crippen molar-refractivity contribution in [2.24, 2.45) is 5.92 Å². The number of aromatic nitrogens is 1. The number of fused-ring (bicyclic) bond motifs is 1. The molecule has 1 aromatic carbocycles. The van der Waals surface area contributed by atoms with Crippen LogP contribution in [0, 0.1) is 5.92 Å². The normalized spacial score (nSPS) is 22.1. The van der Waals surface area contributed by atoms with Crippen LogP contribution in [0.3, 0.4) is 0 Å². The number of carbonyl (C=O) groups is 1. The van der Waals surface area contributed by atoms with Gasteiger partial charge in [-0.3, -0.25) is 9.78 Å². The second kappa shape index (κ2) is 6.25. The Balaban J connectivity index is 1.88. The van der Waals surface area contributed by atoms with Crippen molar-refractivity contribution in [3.8, 4) is 0 Å². The van der Waals surface area contributed by atoms with Crippen LogP contribution in [0.15, 0.2) is 36.5 Å². The number of hydrogen-bond acceptors (Lipinski definition) is 3. The SMILES string of the molecule is COC(=O)C[C@H]1CCCCC1c1cnc2ccccc2c1. The molecule has 110 valence electrons. The molecule has 2 atom stereocenters. The van der Waals surface area contributed by atoms with Crippen molar-refractivity contribution in [1.29, 1.82) is 0 Å². The van der Waals surface area contributed by atoms with Crippen molar-refractivity contribution in [2.75, 3.05) is 7.11 Å². The molecule has 0 radical (unpaired) electrons. The minimum Gasteiger partial charge on any atom is -0.469 e. The molecule has 1 heterocycles. The van der Waals surface area contributed by atoms with Crippen LogP contribution in [0.25, 0.3) is 10.9 Å². The lowest BCUT2D eigenvalue weighted by Crippen LogP contribution is -2.21. The monoisotopic (exact) mass is 283 g/mol. The topological polar surface area (TPSA) is 39.2 Å². The molecule has 0 N–H and O–H groups in total. The molecule has 3 nitrogen and oxygen atoms in total. The number of benzene rings is 1. The fraction of sp³-hybridized carbons (Fsp3) is 0.444. The number of ether oxygens (including phenoxy) is 1. The molecule has 3 rings (SSSR count). The number of nitrogens with zero attached hydrogens (tertiary/aromatic N) is 1. The average Bonchev–Trinajstić information content (AvgIpc) is 2.55. The number of methoxy groups -OCH3 is 1. The molecule has 1 fully saturated rings. The number of rotatable bonds is 3. The predicted molar refractivity (Wildman–Crippen MR) is 83.1 cm³/mol. The van der Waals surface area contributed by atoms with Crippen molar-refractivity contribution in [2.45, 2.75) is 38.0 Å². The molecule has 1 aromatic heterocycles. The van der Waals surface area contributed by atoms with Crippen LogP contribution >= 0.6 is 0 Å². The van der Waals surface area contributed by atoms with Crippen LogP contribution in [0.1, 0.15) is 43.6 Å². The minimum atomic E-state index is -0.0966. The van der Waals surface area contributed by atoms with Gasteiger partial charge in [-0.2, -0.15) is 0 Å². The fourth-order valence-corrected chi connectivity index (χ4v) is 3.48. The molecule has 21 heavy (non-hydrogen) atoms. The largest absolute Gasteiger partial charge is 0.469 e. The summed E-state index contributed by atoms with van der Waals surface area (Å²) in [5.74, 6) is 0.713. The third kappa shape index (κ3) is 3.07. The Morgan fingerprint density at radius 1 is 1.29 bits per heavy atom. The summed E-state index contributed by atoms with van der Waals surface area (Å²) in [5, 5.41) is 1.18. The van der Waals surface area contributed by atoms with E-state index >= 15 is 0 Å². The van der Waals surface area contributed by atoms with E-state index < -0.39 is 0 Å². The average molecular weight is 283 g/mol. The molecule has 0 saturated heterocycles. The molecule has 1 aliphatic carbocycles. The Morgan fingerprint density at radius 2 is 2.10 bits per heavy atom. The van der Waals surface area contributed by atoms with Gasteiger partial charge in [-0.05, 0) is 42.4 Å². The summed E-state index contributed by atoms with van der Waals surface area (Å²) in [6.45, 7) is 0. The predicted octanol–water partition coefficient (Wildman–Crippen LogP) is 4.07. The summed E-state index contributed by atoms with van der Waals surface area (Å²) in [6.07, 6.45) is 7.19. The van der Waals surface area contributed by atoms with Gasteiger partial charge in [-0.1, -0.05) is 31.0 Å². The maximum Gasteiger partial charge on any atom is 0.305 e. The first kappa shape index (κ1) is 14.1. The zero-order valence-corrected chi connectivity index (χ0v) is 12.4. The highest BCUT2D eigenvalue weighted by molar-refractivity contribution is 5.79. The molecular weight excluding hydrogens is 262 g/mol. The number of esters is 1. The molecule has 0 aliphatic heterocycles. The van der Waals surface area contributed by atoms with Gasteiger partial charge in [0.05, 0.1) is 12.6 Å². The highest BCUT2D eigenvalue weighted by Crippen LogP contribution is 2.40. The first-order valence-corrected chi connectivity index (χ1v) is 7.69. The second-order valence-corrected chi connectivity index (χ2v) is 5.89. The second-order valence-electron chi connectivity index (χ2n) is 5.89. The van der Waals surface area contributed by atoms with Gasteiger partial charge in [0, 0.05) is 18.0 Å². The minimum absolute atomic E-state index is 0.0966. The molecular formula is C18H21NO2. The summed E-state index contributed by atoms with van der Waals surface area (Å²) in [4.78, 5) is 16.2. The van der Waals surface area contributed by atoms with Gasteiger partial charge >= 0.3 is 5.97 Å². The van der Waals surface area contributed by atoms with Crippen LogP contribution in [0.4, 0.5) is 0 Å². The van der Waals surface area contributed by atoms with E-state index in [-0.39, 0.29) is 5.97 Å². The molecule has 0 spiro atoms. The van der Waals surface area contributed by atoms with Crippen molar-refractivity contribution in [1.82, 2.24) is 4.98 Å². The first-order valence-electron chi connectivity index (χ1n) is 7.69. The van der Waals surface area contributed by atoms with Gasteiger partial charge in [0.2, 0.25) is 0 Å². The summed E-state index contributed by atoms with van der Waals surface area (Å²) >= 11 is 0. The van der Waals surface area contributed by atoms with Gasteiger partial charge in [0.1, 0.15) is 0 Å². The Labute approximate surface area is 125 Å². The van der Waals surface area contributed by atoms with Crippen LogP contribution in [0.2, 0.25) is 0 Å². The van der Waals surface area contributed by atoms with Gasteiger partial charge in [0.25, 0.3) is 0 Å². The Morgan fingerprint density at radius 3 is 2.95 bits per heavy atom. The number of para-hydroxylation sites is 1. The van der Waals surface area contributed by atoms with E-state index in [9.17, 15) is 4.79 Å². The maximum absolute atomic E-state index is 11.6. The van der Waals surface area contributed by atoms with E-state index in [0.717, 1.165) is 18.4 Å².